The molecule has 0 amide bonds. The number of hydrogen-bond acceptors (Lipinski definition) is 4. The summed E-state index contributed by atoms with van der Waals surface area (Å²) in [6.07, 6.45) is 6.63. The molecule has 1 aliphatic carbocycles. The number of hydrogen-bond donors (Lipinski definition) is 1. The summed E-state index contributed by atoms with van der Waals surface area (Å²) >= 11 is 1.73. The molecule has 2 N–H and O–H groups in total. The minimum atomic E-state index is 0.881. The van der Waals surface area contributed by atoms with Gasteiger partial charge in [-0.05, 0) is 38.2 Å². The summed E-state index contributed by atoms with van der Waals surface area (Å²) < 4.78 is 2.06. The Morgan fingerprint density at radius 3 is 3.06 bits per heavy atom. The molecule has 0 radical (unpaired) electrons. The molecule has 3 rings (SSSR count). The van der Waals surface area contributed by atoms with E-state index < -0.39 is 0 Å². The summed E-state index contributed by atoms with van der Waals surface area (Å²) in [6.45, 7) is 2.98. The van der Waals surface area contributed by atoms with Crippen LogP contribution in [0.2, 0.25) is 0 Å². The molecule has 2 heterocycles. The molecule has 0 saturated heterocycles. The van der Waals surface area contributed by atoms with Gasteiger partial charge in [-0.15, -0.1) is 21.5 Å². The first-order chi connectivity index (χ1) is 8.31. The third kappa shape index (κ3) is 1.65. The molecule has 17 heavy (non-hydrogen) atoms. The summed E-state index contributed by atoms with van der Waals surface area (Å²) in [5, 5.41) is 9.14. The van der Waals surface area contributed by atoms with Crippen LogP contribution in [0.3, 0.4) is 0 Å². The Kier molecular flexibility index (Phi) is 2.63. The number of aromatic nitrogens is 3. The van der Waals surface area contributed by atoms with Crippen LogP contribution in [0.5, 0.6) is 0 Å². The molecule has 0 atom stereocenters. The van der Waals surface area contributed by atoms with Gasteiger partial charge in [0.1, 0.15) is 6.33 Å². The van der Waals surface area contributed by atoms with E-state index in [-0.39, 0.29) is 0 Å². The summed E-state index contributed by atoms with van der Waals surface area (Å²) in [5.74, 6) is 0.935. The minimum Gasteiger partial charge on any atom is -0.390 e. The van der Waals surface area contributed by atoms with Gasteiger partial charge in [0.25, 0.3) is 0 Å². The number of aryl methyl sites for hydroxylation is 2. The van der Waals surface area contributed by atoms with Gasteiger partial charge in [-0.25, -0.2) is 0 Å². The molecule has 4 nitrogen and oxygen atoms in total. The zero-order chi connectivity index (χ0) is 11.8. The molecule has 1 aliphatic rings. The highest BCUT2D eigenvalue weighted by Gasteiger charge is 2.23. The van der Waals surface area contributed by atoms with Gasteiger partial charge >= 0.3 is 0 Å². The maximum absolute atomic E-state index is 6.17. The van der Waals surface area contributed by atoms with E-state index in [0.717, 1.165) is 29.4 Å². The van der Waals surface area contributed by atoms with Crippen molar-refractivity contribution in [3.05, 3.63) is 16.8 Å². The molecule has 0 bridgehead atoms. The highest BCUT2D eigenvalue weighted by atomic mass is 32.1. The fraction of sp³-hybridized carbons (Fsp3) is 0.500. The monoisotopic (exact) mass is 248 g/mol. The van der Waals surface area contributed by atoms with E-state index in [2.05, 4.69) is 21.7 Å². The van der Waals surface area contributed by atoms with Crippen LogP contribution >= 0.6 is 11.3 Å². The number of nitrogens with zero attached hydrogens (tertiary/aromatic N) is 3. The van der Waals surface area contributed by atoms with Gasteiger partial charge in [0, 0.05) is 11.4 Å². The van der Waals surface area contributed by atoms with E-state index in [0.29, 0.717) is 0 Å². The number of nitrogens with two attached hydrogens (primary N) is 1. The fourth-order valence-electron chi connectivity index (χ4n) is 2.51. The molecule has 2 aromatic heterocycles. The molecular weight excluding hydrogens is 232 g/mol. The van der Waals surface area contributed by atoms with E-state index in [1.54, 1.807) is 17.7 Å². The molecule has 5 heteroatoms. The third-order valence-electron chi connectivity index (χ3n) is 3.38. The van der Waals surface area contributed by atoms with Crippen molar-refractivity contribution in [3.63, 3.8) is 0 Å². The number of thiophene rings is 1. The largest absolute Gasteiger partial charge is 0.390 e. The number of nitrogen functional groups attached to an aromatic ring is 1. The van der Waals surface area contributed by atoms with Crippen LogP contribution in [-0.2, 0) is 19.4 Å². The Bertz CT molecular complexity index is 541. The topological polar surface area (TPSA) is 56.7 Å². The standard InChI is InChI=1S/C12H16N4S/c1-2-16-7-14-15-12(16)10-8-5-3-4-6-9(8)17-11(10)13/h7H,2-6,13H2,1H3. The Morgan fingerprint density at radius 1 is 1.41 bits per heavy atom. The number of fused-ring (bicyclic) bond motifs is 1. The quantitative estimate of drug-likeness (QED) is 0.888. The first kappa shape index (κ1) is 10.8. The Labute approximate surface area is 104 Å². The van der Waals surface area contributed by atoms with E-state index >= 15 is 0 Å². The first-order valence-corrected chi connectivity index (χ1v) is 6.91. The normalized spacial score (nSPS) is 14.9. The van der Waals surface area contributed by atoms with E-state index in [9.17, 15) is 0 Å². The lowest BCUT2D eigenvalue weighted by Gasteiger charge is -2.12. The van der Waals surface area contributed by atoms with Crippen molar-refractivity contribution < 1.29 is 0 Å². The highest BCUT2D eigenvalue weighted by molar-refractivity contribution is 7.16. The third-order valence-corrected chi connectivity index (χ3v) is 4.50. The lowest BCUT2D eigenvalue weighted by atomic mass is 9.95. The molecule has 0 spiro atoms. The lowest BCUT2D eigenvalue weighted by molar-refractivity contribution is 0.695. The molecular formula is C12H16N4S. The molecule has 0 fully saturated rings. The van der Waals surface area contributed by atoms with Crippen molar-refractivity contribution in [1.82, 2.24) is 14.8 Å². The van der Waals surface area contributed by atoms with Crippen LogP contribution in [0.4, 0.5) is 5.00 Å². The molecule has 0 unspecified atom stereocenters. The molecule has 0 aromatic carbocycles. The van der Waals surface area contributed by atoms with Gasteiger partial charge in [-0.1, -0.05) is 0 Å². The molecule has 0 aliphatic heterocycles. The van der Waals surface area contributed by atoms with E-state index in [4.69, 9.17) is 5.73 Å². The molecule has 0 saturated carbocycles. The van der Waals surface area contributed by atoms with E-state index in [1.807, 2.05) is 0 Å². The first-order valence-electron chi connectivity index (χ1n) is 6.09. The van der Waals surface area contributed by atoms with Gasteiger partial charge in [-0.3, -0.25) is 0 Å². The van der Waals surface area contributed by atoms with Crippen LogP contribution in [0.1, 0.15) is 30.2 Å². The van der Waals surface area contributed by atoms with Crippen LogP contribution < -0.4 is 5.73 Å². The minimum absolute atomic E-state index is 0.881. The summed E-state index contributed by atoms with van der Waals surface area (Å²) in [4.78, 5) is 1.45. The second kappa shape index (κ2) is 4.14. The van der Waals surface area contributed by atoms with Crippen molar-refractivity contribution >= 4 is 16.3 Å². The molecule has 90 valence electrons. The van der Waals surface area contributed by atoms with Crippen LogP contribution in [0.15, 0.2) is 6.33 Å². The second-order valence-corrected chi connectivity index (χ2v) is 5.53. The van der Waals surface area contributed by atoms with Gasteiger partial charge in [0.2, 0.25) is 0 Å². The Balaban J connectivity index is 2.17. The number of anilines is 1. The zero-order valence-electron chi connectivity index (χ0n) is 9.94. The number of rotatable bonds is 2. The fourth-order valence-corrected chi connectivity index (χ4v) is 3.67. The predicted octanol–water partition coefficient (Wildman–Crippen LogP) is 2.49. The maximum Gasteiger partial charge on any atom is 0.166 e. The van der Waals surface area contributed by atoms with Crippen molar-refractivity contribution in [1.29, 1.82) is 0 Å². The van der Waals surface area contributed by atoms with Crippen LogP contribution in [0.25, 0.3) is 11.4 Å². The highest BCUT2D eigenvalue weighted by Crippen LogP contribution is 2.41. The van der Waals surface area contributed by atoms with E-state index in [1.165, 1.54) is 29.7 Å². The van der Waals surface area contributed by atoms with Gasteiger partial charge in [0.15, 0.2) is 5.82 Å². The SMILES string of the molecule is CCn1cnnc1-c1c(N)sc2c1CCCC2. The Morgan fingerprint density at radius 2 is 2.24 bits per heavy atom. The predicted molar refractivity (Wildman–Crippen MR) is 70.1 cm³/mol. The summed E-state index contributed by atoms with van der Waals surface area (Å²) in [6, 6.07) is 0. The second-order valence-electron chi connectivity index (χ2n) is 4.39. The van der Waals surface area contributed by atoms with Crippen molar-refractivity contribution in [2.75, 3.05) is 5.73 Å². The van der Waals surface area contributed by atoms with Crippen molar-refractivity contribution in [2.45, 2.75) is 39.2 Å². The van der Waals surface area contributed by atoms with Gasteiger partial charge in [-0.2, -0.15) is 0 Å². The smallest absolute Gasteiger partial charge is 0.166 e. The van der Waals surface area contributed by atoms with Crippen LogP contribution in [0, 0.1) is 0 Å². The van der Waals surface area contributed by atoms with Crippen molar-refractivity contribution in [2.24, 2.45) is 0 Å². The van der Waals surface area contributed by atoms with Gasteiger partial charge < -0.3 is 10.3 Å². The van der Waals surface area contributed by atoms with Gasteiger partial charge in [0.05, 0.1) is 10.6 Å². The van der Waals surface area contributed by atoms with Crippen molar-refractivity contribution in [3.8, 4) is 11.4 Å². The average Bonchev–Trinajstić information content (AvgIpc) is 2.90. The summed E-state index contributed by atoms with van der Waals surface area (Å²) in [5.41, 5.74) is 8.73. The van der Waals surface area contributed by atoms with Crippen LogP contribution in [-0.4, -0.2) is 14.8 Å². The molecule has 2 aromatic rings. The average molecular weight is 248 g/mol. The Hall–Kier alpha value is -1.36. The summed E-state index contributed by atoms with van der Waals surface area (Å²) in [7, 11) is 0. The maximum atomic E-state index is 6.17. The lowest BCUT2D eigenvalue weighted by Crippen LogP contribution is -2.03. The zero-order valence-corrected chi connectivity index (χ0v) is 10.8.